The number of ether oxygens (including phenoxy) is 1. The fourth-order valence-corrected chi connectivity index (χ4v) is 2.79. The Morgan fingerprint density at radius 1 is 1.32 bits per heavy atom. The molecular weight excluding hydrogens is 258 g/mol. The highest BCUT2D eigenvalue weighted by Crippen LogP contribution is 2.20. The van der Waals surface area contributed by atoms with Gasteiger partial charge in [0.2, 0.25) is 5.12 Å². The molecular formula is C15H21NO2S. The maximum absolute atomic E-state index is 11.5. The quantitative estimate of drug-likeness (QED) is 0.841. The molecule has 0 radical (unpaired) electrons. The van der Waals surface area contributed by atoms with Crippen LogP contribution in [-0.4, -0.2) is 36.8 Å². The minimum absolute atomic E-state index is 0.170. The molecule has 0 bridgehead atoms. The van der Waals surface area contributed by atoms with Gasteiger partial charge in [0, 0.05) is 12.1 Å². The van der Waals surface area contributed by atoms with E-state index in [0.717, 1.165) is 24.3 Å². The number of rotatable bonds is 5. The molecule has 0 saturated carbocycles. The van der Waals surface area contributed by atoms with Crippen LogP contribution in [0.1, 0.15) is 35.2 Å². The van der Waals surface area contributed by atoms with Gasteiger partial charge in [-0.1, -0.05) is 6.42 Å². The van der Waals surface area contributed by atoms with Gasteiger partial charge in [-0.05, 0) is 56.1 Å². The van der Waals surface area contributed by atoms with Crippen LogP contribution in [0.15, 0.2) is 18.2 Å². The molecule has 1 fully saturated rings. The van der Waals surface area contributed by atoms with E-state index in [0.29, 0.717) is 5.56 Å². The molecule has 0 aromatic heterocycles. The highest BCUT2D eigenvalue weighted by atomic mass is 32.1. The first-order valence-corrected chi connectivity index (χ1v) is 7.28. The van der Waals surface area contributed by atoms with Crippen molar-refractivity contribution in [3.8, 4) is 5.75 Å². The molecule has 1 aromatic carbocycles. The Morgan fingerprint density at radius 2 is 2.05 bits per heavy atom. The van der Waals surface area contributed by atoms with E-state index in [1.54, 1.807) is 13.2 Å². The fourth-order valence-electron chi connectivity index (χ4n) is 2.57. The predicted molar refractivity (Wildman–Crippen MR) is 80.3 cm³/mol. The zero-order chi connectivity index (χ0) is 13.7. The first kappa shape index (κ1) is 14.4. The van der Waals surface area contributed by atoms with Crippen molar-refractivity contribution in [1.29, 1.82) is 0 Å². The molecule has 1 aromatic rings. The maximum atomic E-state index is 11.5. The molecule has 1 heterocycles. The summed E-state index contributed by atoms with van der Waals surface area (Å²) < 4.78 is 5.23. The lowest BCUT2D eigenvalue weighted by atomic mass is 10.0. The van der Waals surface area contributed by atoms with E-state index in [-0.39, 0.29) is 5.12 Å². The number of hydrogen-bond acceptors (Lipinski definition) is 3. The lowest BCUT2D eigenvalue weighted by Gasteiger charge is -2.26. The zero-order valence-electron chi connectivity index (χ0n) is 11.4. The van der Waals surface area contributed by atoms with E-state index in [2.05, 4.69) is 17.5 Å². The Bertz CT molecular complexity index is 442. The van der Waals surface area contributed by atoms with Crippen LogP contribution in [0.5, 0.6) is 5.75 Å². The SMILES string of the molecule is COc1ccc(C(=O)S)c(CCN2CCCCC2)c1. The summed E-state index contributed by atoms with van der Waals surface area (Å²) in [6.07, 6.45) is 4.79. The Balaban J connectivity index is 2.06. The lowest BCUT2D eigenvalue weighted by Crippen LogP contribution is -2.31. The van der Waals surface area contributed by atoms with Crippen molar-refractivity contribution in [2.45, 2.75) is 25.7 Å². The van der Waals surface area contributed by atoms with Crippen LogP contribution in [0.25, 0.3) is 0 Å². The van der Waals surface area contributed by atoms with Gasteiger partial charge in [0.25, 0.3) is 0 Å². The number of carbonyl (C=O) groups excluding carboxylic acids is 1. The van der Waals surface area contributed by atoms with Gasteiger partial charge in [0.05, 0.1) is 7.11 Å². The van der Waals surface area contributed by atoms with E-state index in [1.807, 2.05) is 12.1 Å². The molecule has 0 aliphatic carbocycles. The Labute approximate surface area is 120 Å². The largest absolute Gasteiger partial charge is 0.497 e. The van der Waals surface area contributed by atoms with E-state index in [4.69, 9.17) is 4.74 Å². The van der Waals surface area contributed by atoms with Gasteiger partial charge >= 0.3 is 0 Å². The highest BCUT2D eigenvalue weighted by molar-refractivity contribution is 7.97. The second kappa shape index (κ2) is 6.96. The normalized spacial score (nSPS) is 16.3. The third-order valence-corrected chi connectivity index (χ3v) is 3.93. The van der Waals surface area contributed by atoms with E-state index in [9.17, 15) is 4.79 Å². The standard InChI is InChI=1S/C15H21NO2S/c1-18-13-5-6-14(15(17)19)12(11-13)7-10-16-8-3-2-4-9-16/h5-6,11H,2-4,7-10H2,1H3,(H,17,19). The third-order valence-electron chi connectivity index (χ3n) is 3.69. The van der Waals surface area contributed by atoms with E-state index >= 15 is 0 Å². The van der Waals surface area contributed by atoms with Crippen molar-refractivity contribution < 1.29 is 9.53 Å². The number of hydrogen-bond donors (Lipinski definition) is 1. The smallest absolute Gasteiger partial charge is 0.216 e. The first-order valence-electron chi connectivity index (χ1n) is 6.83. The second-order valence-electron chi connectivity index (χ2n) is 4.98. The average molecular weight is 279 g/mol. The number of carbonyl (C=O) groups is 1. The van der Waals surface area contributed by atoms with Crippen LogP contribution in [0.4, 0.5) is 0 Å². The van der Waals surface area contributed by atoms with Crippen LogP contribution in [-0.2, 0) is 6.42 Å². The minimum Gasteiger partial charge on any atom is -0.497 e. The lowest BCUT2D eigenvalue weighted by molar-refractivity contribution is 0.109. The molecule has 3 nitrogen and oxygen atoms in total. The number of methoxy groups -OCH3 is 1. The molecule has 0 spiro atoms. The van der Waals surface area contributed by atoms with Gasteiger partial charge in [0.1, 0.15) is 5.75 Å². The summed E-state index contributed by atoms with van der Waals surface area (Å²) in [5.74, 6) is 0.798. The van der Waals surface area contributed by atoms with E-state index in [1.165, 1.54) is 32.4 Å². The Kier molecular flexibility index (Phi) is 5.28. The van der Waals surface area contributed by atoms with Crippen LogP contribution in [0, 0.1) is 0 Å². The number of likely N-dealkylation sites (tertiary alicyclic amines) is 1. The van der Waals surface area contributed by atoms with Crippen LogP contribution in [0.3, 0.4) is 0 Å². The van der Waals surface area contributed by atoms with Gasteiger partial charge in [0.15, 0.2) is 0 Å². The second-order valence-corrected chi connectivity index (χ2v) is 5.39. The summed E-state index contributed by atoms with van der Waals surface area (Å²) in [7, 11) is 1.64. The van der Waals surface area contributed by atoms with Crippen LogP contribution in [0.2, 0.25) is 0 Å². The fraction of sp³-hybridized carbons (Fsp3) is 0.533. The van der Waals surface area contributed by atoms with Crippen molar-refractivity contribution in [1.82, 2.24) is 4.90 Å². The molecule has 1 aliphatic heterocycles. The number of benzene rings is 1. The van der Waals surface area contributed by atoms with Gasteiger partial charge in [-0.3, -0.25) is 4.79 Å². The predicted octanol–water partition coefficient (Wildman–Crippen LogP) is 2.79. The van der Waals surface area contributed by atoms with Crippen molar-refractivity contribution in [2.75, 3.05) is 26.7 Å². The molecule has 19 heavy (non-hydrogen) atoms. The molecule has 1 saturated heterocycles. The molecule has 0 amide bonds. The van der Waals surface area contributed by atoms with Crippen molar-refractivity contribution in [3.63, 3.8) is 0 Å². The van der Waals surface area contributed by atoms with Crippen LogP contribution < -0.4 is 4.74 Å². The van der Waals surface area contributed by atoms with Gasteiger partial charge in [-0.15, -0.1) is 12.6 Å². The summed E-state index contributed by atoms with van der Waals surface area (Å²) in [4.78, 5) is 14.0. The minimum atomic E-state index is -0.170. The van der Waals surface area contributed by atoms with Crippen molar-refractivity contribution in [3.05, 3.63) is 29.3 Å². The summed E-state index contributed by atoms with van der Waals surface area (Å²) in [6, 6.07) is 5.57. The molecule has 2 rings (SSSR count). The summed E-state index contributed by atoms with van der Waals surface area (Å²) >= 11 is 3.95. The number of nitrogens with zero attached hydrogens (tertiary/aromatic N) is 1. The molecule has 0 atom stereocenters. The molecule has 0 N–H and O–H groups in total. The zero-order valence-corrected chi connectivity index (χ0v) is 12.3. The average Bonchev–Trinajstić information content (AvgIpc) is 2.45. The van der Waals surface area contributed by atoms with Crippen molar-refractivity contribution >= 4 is 17.7 Å². The number of thiol groups is 1. The maximum Gasteiger partial charge on any atom is 0.216 e. The van der Waals surface area contributed by atoms with Crippen molar-refractivity contribution in [2.24, 2.45) is 0 Å². The molecule has 104 valence electrons. The molecule has 0 unspecified atom stereocenters. The van der Waals surface area contributed by atoms with E-state index < -0.39 is 0 Å². The Hall–Kier alpha value is -1.00. The highest BCUT2D eigenvalue weighted by Gasteiger charge is 2.13. The molecule has 4 heteroatoms. The topological polar surface area (TPSA) is 29.5 Å². The Morgan fingerprint density at radius 3 is 2.68 bits per heavy atom. The van der Waals surface area contributed by atoms with Gasteiger partial charge < -0.3 is 9.64 Å². The first-order chi connectivity index (χ1) is 9.20. The third kappa shape index (κ3) is 3.98. The summed E-state index contributed by atoms with van der Waals surface area (Å²) in [5, 5.41) is -0.170. The van der Waals surface area contributed by atoms with Crippen LogP contribution >= 0.6 is 12.6 Å². The monoisotopic (exact) mass is 279 g/mol. The summed E-state index contributed by atoms with van der Waals surface area (Å²) in [6.45, 7) is 3.35. The molecule has 1 aliphatic rings. The number of piperidine rings is 1. The summed E-state index contributed by atoms with van der Waals surface area (Å²) in [5.41, 5.74) is 1.73. The van der Waals surface area contributed by atoms with Gasteiger partial charge in [-0.2, -0.15) is 0 Å². The van der Waals surface area contributed by atoms with Gasteiger partial charge in [-0.25, -0.2) is 0 Å².